The molecule has 1 aliphatic rings. The highest BCUT2D eigenvalue weighted by atomic mass is 16.2. The van der Waals surface area contributed by atoms with E-state index in [1.165, 1.54) is 12.5 Å². The van der Waals surface area contributed by atoms with Crippen LogP contribution in [0.5, 0.6) is 0 Å². The second-order valence-corrected chi connectivity index (χ2v) is 7.17. The molecule has 0 aliphatic carbocycles. The summed E-state index contributed by atoms with van der Waals surface area (Å²) in [5.74, 6) is -0.196. The normalized spacial score (nSPS) is 15.0. The quantitative estimate of drug-likeness (QED) is 0.698. The molecular weight excluding hydrogens is 364 g/mol. The summed E-state index contributed by atoms with van der Waals surface area (Å²) in [5.41, 5.74) is 4.95. The summed E-state index contributed by atoms with van der Waals surface area (Å²) in [4.78, 5) is 30.3. The lowest BCUT2D eigenvalue weighted by atomic mass is 10.1. The molecule has 0 saturated heterocycles. The van der Waals surface area contributed by atoms with Crippen LogP contribution >= 0.6 is 0 Å². The SMILES string of the molecule is CC(=O)Nc1ccc(Nc2ccc(C(=O)N3c4ccccc4CC3C)nc2)cc1. The molecule has 1 aliphatic heterocycles. The second-order valence-electron chi connectivity index (χ2n) is 7.17. The molecular formula is C23H22N4O2. The van der Waals surface area contributed by atoms with E-state index in [1.807, 2.05) is 53.4 Å². The molecule has 2 amide bonds. The Labute approximate surface area is 169 Å². The van der Waals surface area contributed by atoms with Crippen LogP contribution in [0.1, 0.15) is 29.9 Å². The van der Waals surface area contributed by atoms with E-state index in [2.05, 4.69) is 28.6 Å². The predicted octanol–water partition coefficient (Wildman–Crippen LogP) is 4.38. The van der Waals surface area contributed by atoms with Crippen LogP contribution in [0.25, 0.3) is 0 Å². The van der Waals surface area contributed by atoms with Gasteiger partial charge in [0.25, 0.3) is 5.91 Å². The predicted molar refractivity (Wildman–Crippen MR) is 115 cm³/mol. The number of fused-ring (bicyclic) bond motifs is 1. The van der Waals surface area contributed by atoms with Crippen molar-refractivity contribution in [2.75, 3.05) is 15.5 Å². The molecule has 146 valence electrons. The van der Waals surface area contributed by atoms with E-state index in [0.717, 1.165) is 29.2 Å². The minimum absolute atomic E-state index is 0.0892. The Hall–Kier alpha value is -3.67. The number of hydrogen-bond donors (Lipinski definition) is 2. The van der Waals surface area contributed by atoms with Gasteiger partial charge in [-0.25, -0.2) is 4.98 Å². The maximum Gasteiger partial charge on any atom is 0.277 e. The molecule has 1 unspecified atom stereocenters. The average molecular weight is 386 g/mol. The van der Waals surface area contributed by atoms with E-state index in [0.29, 0.717) is 5.69 Å². The summed E-state index contributed by atoms with van der Waals surface area (Å²) in [6.07, 6.45) is 2.51. The van der Waals surface area contributed by atoms with Crippen molar-refractivity contribution in [3.05, 3.63) is 78.1 Å². The van der Waals surface area contributed by atoms with Crippen molar-refractivity contribution >= 4 is 34.6 Å². The number of para-hydroxylation sites is 1. The van der Waals surface area contributed by atoms with E-state index >= 15 is 0 Å². The Balaban J connectivity index is 1.47. The fourth-order valence-electron chi connectivity index (χ4n) is 3.60. The molecule has 0 radical (unpaired) electrons. The number of carbonyl (C=O) groups excluding carboxylic acids is 2. The second kappa shape index (κ2) is 7.75. The highest BCUT2D eigenvalue weighted by Gasteiger charge is 2.31. The number of anilines is 4. The van der Waals surface area contributed by atoms with E-state index in [-0.39, 0.29) is 17.9 Å². The van der Waals surface area contributed by atoms with Crippen molar-refractivity contribution in [2.24, 2.45) is 0 Å². The lowest BCUT2D eigenvalue weighted by Crippen LogP contribution is -2.36. The van der Waals surface area contributed by atoms with Crippen molar-refractivity contribution in [2.45, 2.75) is 26.3 Å². The van der Waals surface area contributed by atoms with Crippen molar-refractivity contribution in [3.8, 4) is 0 Å². The lowest BCUT2D eigenvalue weighted by molar-refractivity contribution is -0.114. The zero-order valence-electron chi connectivity index (χ0n) is 16.3. The highest BCUT2D eigenvalue weighted by Crippen LogP contribution is 2.33. The first-order valence-electron chi connectivity index (χ1n) is 9.53. The largest absolute Gasteiger partial charge is 0.354 e. The molecule has 2 aromatic carbocycles. The third-order valence-electron chi connectivity index (χ3n) is 4.90. The first-order valence-corrected chi connectivity index (χ1v) is 9.53. The van der Waals surface area contributed by atoms with Crippen LogP contribution < -0.4 is 15.5 Å². The van der Waals surface area contributed by atoms with Gasteiger partial charge in [0.05, 0.1) is 11.9 Å². The molecule has 3 aromatic rings. The molecule has 6 nitrogen and oxygen atoms in total. The first-order chi connectivity index (χ1) is 14.0. The molecule has 1 aromatic heterocycles. The fraction of sp³-hybridized carbons (Fsp3) is 0.174. The fourth-order valence-corrected chi connectivity index (χ4v) is 3.60. The van der Waals surface area contributed by atoms with Gasteiger partial charge < -0.3 is 15.5 Å². The van der Waals surface area contributed by atoms with Crippen molar-refractivity contribution in [3.63, 3.8) is 0 Å². The number of nitrogens with one attached hydrogen (secondary N) is 2. The first kappa shape index (κ1) is 18.7. The Morgan fingerprint density at radius 1 is 0.966 bits per heavy atom. The lowest BCUT2D eigenvalue weighted by Gasteiger charge is -2.22. The minimum atomic E-state index is -0.106. The van der Waals surface area contributed by atoms with Crippen molar-refractivity contribution < 1.29 is 9.59 Å². The molecule has 0 bridgehead atoms. The van der Waals surface area contributed by atoms with Crippen LogP contribution in [-0.2, 0) is 11.2 Å². The monoisotopic (exact) mass is 386 g/mol. The van der Waals surface area contributed by atoms with Gasteiger partial charge in [0.2, 0.25) is 5.91 Å². The number of hydrogen-bond acceptors (Lipinski definition) is 4. The van der Waals surface area contributed by atoms with Gasteiger partial charge in [0.15, 0.2) is 0 Å². The van der Waals surface area contributed by atoms with E-state index < -0.39 is 0 Å². The van der Waals surface area contributed by atoms with Gasteiger partial charge in [-0.2, -0.15) is 0 Å². The number of benzene rings is 2. The van der Waals surface area contributed by atoms with Crippen LogP contribution in [0.2, 0.25) is 0 Å². The molecule has 0 saturated carbocycles. The Kier molecular flexibility index (Phi) is 4.99. The number of pyridine rings is 1. The summed E-state index contributed by atoms with van der Waals surface area (Å²) in [5, 5.41) is 5.98. The van der Waals surface area contributed by atoms with E-state index in [1.54, 1.807) is 12.3 Å². The maximum atomic E-state index is 13.0. The van der Waals surface area contributed by atoms with Crippen LogP contribution in [0, 0.1) is 0 Å². The van der Waals surface area contributed by atoms with Crippen molar-refractivity contribution in [1.29, 1.82) is 0 Å². The smallest absolute Gasteiger partial charge is 0.277 e. The number of nitrogens with zero attached hydrogens (tertiary/aromatic N) is 2. The molecule has 0 spiro atoms. The molecule has 1 atom stereocenters. The van der Waals surface area contributed by atoms with Gasteiger partial charge in [-0.1, -0.05) is 18.2 Å². The minimum Gasteiger partial charge on any atom is -0.354 e. The number of carbonyl (C=O) groups is 2. The highest BCUT2D eigenvalue weighted by molar-refractivity contribution is 6.06. The van der Waals surface area contributed by atoms with Crippen LogP contribution in [-0.4, -0.2) is 22.8 Å². The summed E-state index contributed by atoms with van der Waals surface area (Å²) in [6, 6.07) is 19.1. The van der Waals surface area contributed by atoms with E-state index in [9.17, 15) is 9.59 Å². The van der Waals surface area contributed by atoms with Gasteiger partial charge in [0.1, 0.15) is 5.69 Å². The van der Waals surface area contributed by atoms with Gasteiger partial charge in [-0.05, 0) is 61.4 Å². The van der Waals surface area contributed by atoms with E-state index in [4.69, 9.17) is 0 Å². The molecule has 0 fully saturated rings. The van der Waals surface area contributed by atoms with Gasteiger partial charge in [-0.15, -0.1) is 0 Å². The van der Waals surface area contributed by atoms with Crippen LogP contribution in [0.15, 0.2) is 66.9 Å². The molecule has 2 N–H and O–H groups in total. The third-order valence-corrected chi connectivity index (χ3v) is 4.90. The number of aromatic nitrogens is 1. The average Bonchev–Trinajstić information content (AvgIpc) is 3.05. The zero-order valence-corrected chi connectivity index (χ0v) is 16.3. The van der Waals surface area contributed by atoms with Crippen LogP contribution in [0.3, 0.4) is 0 Å². The summed E-state index contributed by atoms with van der Waals surface area (Å²) >= 11 is 0. The van der Waals surface area contributed by atoms with Gasteiger partial charge >= 0.3 is 0 Å². The Morgan fingerprint density at radius 3 is 2.34 bits per heavy atom. The van der Waals surface area contributed by atoms with Crippen molar-refractivity contribution in [1.82, 2.24) is 4.98 Å². The molecule has 2 heterocycles. The van der Waals surface area contributed by atoms with Gasteiger partial charge in [0, 0.05) is 30.0 Å². The molecule has 6 heteroatoms. The summed E-state index contributed by atoms with van der Waals surface area (Å²) < 4.78 is 0. The van der Waals surface area contributed by atoms with Crippen LogP contribution in [0.4, 0.5) is 22.7 Å². The molecule has 4 rings (SSSR count). The Morgan fingerprint density at radius 2 is 1.66 bits per heavy atom. The summed E-state index contributed by atoms with van der Waals surface area (Å²) in [7, 11) is 0. The zero-order chi connectivity index (χ0) is 20.4. The standard InChI is InChI=1S/C23H22N4O2/c1-15-13-17-5-3-4-6-22(17)27(15)23(29)21-12-11-20(14-24-21)26-19-9-7-18(8-10-19)25-16(2)28/h3-12,14-15,26H,13H2,1-2H3,(H,25,28). The van der Waals surface area contributed by atoms with Gasteiger partial charge in [-0.3, -0.25) is 9.59 Å². The number of amides is 2. The third kappa shape index (κ3) is 3.96. The molecule has 29 heavy (non-hydrogen) atoms. The Bertz CT molecular complexity index is 1050. The topological polar surface area (TPSA) is 74.3 Å². The summed E-state index contributed by atoms with van der Waals surface area (Å²) in [6.45, 7) is 3.53. The number of rotatable bonds is 4. The maximum absolute atomic E-state index is 13.0.